The van der Waals surface area contributed by atoms with Crippen LogP contribution in [0.3, 0.4) is 0 Å². The summed E-state index contributed by atoms with van der Waals surface area (Å²) in [5, 5.41) is 12.0. The topological polar surface area (TPSA) is 49.3 Å². The van der Waals surface area contributed by atoms with Gasteiger partial charge in [0.25, 0.3) is 5.91 Å². The number of aliphatic hydroxyl groups is 1. The first kappa shape index (κ1) is 14.6. The minimum Gasteiger partial charge on any atom is -0.391 e. The molecule has 0 aliphatic heterocycles. The fraction of sp³-hybridized carbons (Fsp3) is 0.462. The van der Waals surface area contributed by atoms with Crippen molar-refractivity contribution in [3.8, 4) is 0 Å². The molecular weight excluding hydrogens is 202 g/mol. The third-order valence-corrected chi connectivity index (χ3v) is 2.18. The van der Waals surface area contributed by atoms with Crippen LogP contribution in [0.1, 0.15) is 27.2 Å². The van der Waals surface area contributed by atoms with Gasteiger partial charge in [0.1, 0.15) is 0 Å². The zero-order valence-corrected chi connectivity index (χ0v) is 10.2. The largest absolute Gasteiger partial charge is 0.391 e. The lowest BCUT2D eigenvalue weighted by molar-refractivity contribution is -0.118. The van der Waals surface area contributed by atoms with Gasteiger partial charge < -0.3 is 10.4 Å². The maximum absolute atomic E-state index is 11.8. The molecule has 0 heterocycles. The van der Waals surface area contributed by atoms with Gasteiger partial charge in [-0.2, -0.15) is 0 Å². The summed E-state index contributed by atoms with van der Waals surface area (Å²) in [5.74, 6) is -0.196. The second-order valence-electron chi connectivity index (χ2n) is 3.67. The highest BCUT2D eigenvalue weighted by Crippen LogP contribution is 2.01. The van der Waals surface area contributed by atoms with Crippen LogP contribution < -0.4 is 5.32 Å². The second kappa shape index (κ2) is 7.88. The van der Waals surface area contributed by atoms with Crippen LogP contribution in [0, 0.1) is 0 Å². The summed E-state index contributed by atoms with van der Waals surface area (Å²) in [5.41, 5.74) is 0.546. The van der Waals surface area contributed by atoms with Crippen LogP contribution in [-0.2, 0) is 4.79 Å². The van der Waals surface area contributed by atoms with Gasteiger partial charge in [0.15, 0.2) is 0 Å². The molecule has 0 rings (SSSR count). The van der Waals surface area contributed by atoms with Crippen molar-refractivity contribution in [1.29, 1.82) is 0 Å². The normalized spacial score (nSPS) is 15.9. The fourth-order valence-corrected chi connectivity index (χ4v) is 0.989. The quantitative estimate of drug-likeness (QED) is 0.534. The van der Waals surface area contributed by atoms with Crippen LogP contribution >= 0.6 is 0 Å². The lowest BCUT2D eigenvalue weighted by atomic mass is 10.1. The van der Waals surface area contributed by atoms with Crippen molar-refractivity contribution in [2.75, 3.05) is 0 Å². The number of carbonyl (C=O) groups excluding carboxylic acids is 1. The van der Waals surface area contributed by atoms with E-state index in [1.54, 1.807) is 32.1 Å². The van der Waals surface area contributed by atoms with Gasteiger partial charge in [-0.15, -0.1) is 0 Å². The Morgan fingerprint density at radius 2 is 2.12 bits per heavy atom. The summed E-state index contributed by atoms with van der Waals surface area (Å²) >= 11 is 0. The summed E-state index contributed by atoms with van der Waals surface area (Å²) in [6, 6.07) is -0.268. The molecule has 0 radical (unpaired) electrons. The Morgan fingerprint density at radius 3 is 2.56 bits per heavy atom. The first-order chi connectivity index (χ1) is 7.52. The molecule has 2 atom stereocenters. The Morgan fingerprint density at radius 1 is 1.50 bits per heavy atom. The molecule has 0 spiro atoms. The number of aliphatic hydroxyl groups excluding tert-OH is 1. The fourth-order valence-electron chi connectivity index (χ4n) is 0.989. The van der Waals surface area contributed by atoms with Crippen molar-refractivity contribution in [2.45, 2.75) is 39.3 Å². The van der Waals surface area contributed by atoms with E-state index < -0.39 is 6.10 Å². The maximum Gasteiger partial charge on any atom is 0.251 e. The van der Waals surface area contributed by atoms with Gasteiger partial charge in [-0.05, 0) is 20.3 Å². The number of allylic oxidation sites excluding steroid dienone is 3. The molecule has 0 aromatic rings. The molecule has 0 aromatic carbocycles. The molecule has 0 aliphatic carbocycles. The molecule has 3 nitrogen and oxygen atoms in total. The van der Waals surface area contributed by atoms with E-state index in [4.69, 9.17) is 0 Å². The zero-order valence-electron chi connectivity index (χ0n) is 10.2. The summed E-state index contributed by atoms with van der Waals surface area (Å²) in [4.78, 5) is 11.8. The summed E-state index contributed by atoms with van der Waals surface area (Å²) in [6.07, 6.45) is 7.18. The van der Waals surface area contributed by atoms with E-state index in [0.717, 1.165) is 6.42 Å². The van der Waals surface area contributed by atoms with Crippen LogP contribution in [0.15, 0.2) is 36.5 Å². The first-order valence-electron chi connectivity index (χ1n) is 5.51. The number of hydrogen-bond acceptors (Lipinski definition) is 2. The molecule has 2 N–H and O–H groups in total. The molecule has 90 valence electrons. The van der Waals surface area contributed by atoms with Gasteiger partial charge in [0, 0.05) is 5.57 Å². The van der Waals surface area contributed by atoms with Gasteiger partial charge >= 0.3 is 0 Å². The van der Waals surface area contributed by atoms with Crippen molar-refractivity contribution >= 4 is 5.91 Å². The predicted molar refractivity (Wildman–Crippen MR) is 67.0 cm³/mol. The monoisotopic (exact) mass is 223 g/mol. The molecule has 1 amide bonds. The molecule has 2 unspecified atom stereocenters. The van der Waals surface area contributed by atoms with E-state index in [9.17, 15) is 9.90 Å². The molecule has 0 bridgehead atoms. The number of rotatable bonds is 6. The molecular formula is C13H21NO2. The van der Waals surface area contributed by atoms with E-state index in [-0.39, 0.29) is 11.9 Å². The first-order valence-corrected chi connectivity index (χ1v) is 5.51. The van der Waals surface area contributed by atoms with E-state index in [2.05, 4.69) is 11.9 Å². The van der Waals surface area contributed by atoms with Gasteiger partial charge in [-0.25, -0.2) is 0 Å². The van der Waals surface area contributed by atoms with Gasteiger partial charge in [-0.1, -0.05) is 37.8 Å². The van der Waals surface area contributed by atoms with Crippen LogP contribution in [0.5, 0.6) is 0 Å². The zero-order chi connectivity index (χ0) is 12.6. The number of hydrogen-bond donors (Lipinski definition) is 2. The summed E-state index contributed by atoms with van der Waals surface area (Å²) in [7, 11) is 0. The molecule has 0 saturated carbocycles. The van der Waals surface area contributed by atoms with Crippen molar-refractivity contribution < 1.29 is 9.90 Å². The van der Waals surface area contributed by atoms with E-state index in [1.165, 1.54) is 0 Å². The standard InChI is InChI=1S/C13H21NO2/c1-5-7-9-12(8-6-2)13(16)14-10(3)11(4)15/h6-11,15H,2,5H2,1,3-4H3,(H,14,16). The third kappa shape index (κ3) is 5.51. The second-order valence-corrected chi connectivity index (χ2v) is 3.67. The molecule has 0 saturated heterocycles. The number of nitrogens with one attached hydrogen (secondary N) is 1. The molecule has 3 heteroatoms. The highest BCUT2D eigenvalue weighted by molar-refractivity contribution is 5.96. The Kier molecular flexibility index (Phi) is 7.21. The molecule has 0 aliphatic rings. The van der Waals surface area contributed by atoms with Crippen molar-refractivity contribution in [2.24, 2.45) is 0 Å². The maximum atomic E-state index is 11.8. The third-order valence-electron chi connectivity index (χ3n) is 2.18. The predicted octanol–water partition coefficient (Wildman–Crippen LogP) is 1.95. The average molecular weight is 223 g/mol. The van der Waals surface area contributed by atoms with E-state index in [0.29, 0.717) is 5.57 Å². The van der Waals surface area contributed by atoms with Crippen LogP contribution in [0.4, 0.5) is 0 Å². The average Bonchev–Trinajstić information content (AvgIpc) is 2.23. The number of carbonyl (C=O) groups is 1. The smallest absolute Gasteiger partial charge is 0.251 e. The summed E-state index contributed by atoms with van der Waals surface area (Å²) < 4.78 is 0. The lowest BCUT2D eigenvalue weighted by Crippen LogP contribution is -2.40. The molecule has 16 heavy (non-hydrogen) atoms. The van der Waals surface area contributed by atoms with Crippen LogP contribution in [0.25, 0.3) is 0 Å². The lowest BCUT2D eigenvalue weighted by Gasteiger charge is -2.16. The van der Waals surface area contributed by atoms with Crippen molar-refractivity contribution in [1.82, 2.24) is 5.32 Å². The molecule has 0 fully saturated rings. The van der Waals surface area contributed by atoms with Gasteiger partial charge in [0.05, 0.1) is 12.1 Å². The Balaban J connectivity index is 4.58. The van der Waals surface area contributed by atoms with Gasteiger partial charge in [0.2, 0.25) is 0 Å². The Hall–Kier alpha value is -1.35. The Bertz CT molecular complexity index is 290. The minimum atomic E-state index is -0.566. The SMILES string of the molecule is C=CC=C(C=CCC)C(=O)NC(C)C(C)O. The number of amides is 1. The Labute approximate surface area is 97.6 Å². The highest BCUT2D eigenvalue weighted by Gasteiger charge is 2.13. The van der Waals surface area contributed by atoms with Gasteiger partial charge in [-0.3, -0.25) is 4.79 Å². The summed E-state index contributed by atoms with van der Waals surface area (Å²) in [6.45, 7) is 8.97. The highest BCUT2D eigenvalue weighted by atomic mass is 16.3. The minimum absolute atomic E-state index is 0.196. The van der Waals surface area contributed by atoms with E-state index in [1.807, 2.05) is 13.0 Å². The van der Waals surface area contributed by atoms with E-state index >= 15 is 0 Å². The van der Waals surface area contributed by atoms with Crippen molar-refractivity contribution in [3.63, 3.8) is 0 Å². The molecule has 0 aromatic heterocycles. The van der Waals surface area contributed by atoms with Crippen molar-refractivity contribution in [3.05, 3.63) is 36.5 Å². The van der Waals surface area contributed by atoms with Crippen LogP contribution in [-0.4, -0.2) is 23.2 Å². The van der Waals surface area contributed by atoms with Crippen LogP contribution in [0.2, 0.25) is 0 Å².